The largest absolute Gasteiger partial charge is 0.0625 e. The SMILES string of the molecule is CC(C)C1Cc2ccc(C(C)(C)C)cc2C1. The van der Waals surface area contributed by atoms with Gasteiger partial charge in [-0.1, -0.05) is 52.8 Å². The van der Waals surface area contributed by atoms with Gasteiger partial charge in [-0.05, 0) is 46.8 Å². The van der Waals surface area contributed by atoms with Crippen LogP contribution in [0.15, 0.2) is 18.2 Å². The van der Waals surface area contributed by atoms with Gasteiger partial charge in [0.2, 0.25) is 0 Å². The molecule has 0 spiro atoms. The van der Waals surface area contributed by atoms with E-state index in [1.54, 1.807) is 11.1 Å². The summed E-state index contributed by atoms with van der Waals surface area (Å²) in [6.45, 7) is 11.6. The third-order valence-corrected chi connectivity index (χ3v) is 3.98. The van der Waals surface area contributed by atoms with Gasteiger partial charge in [-0.15, -0.1) is 0 Å². The molecule has 0 bridgehead atoms. The summed E-state index contributed by atoms with van der Waals surface area (Å²) in [5.74, 6) is 1.68. The van der Waals surface area contributed by atoms with Gasteiger partial charge in [0, 0.05) is 0 Å². The second-order valence-electron chi connectivity index (χ2n) is 6.65. The van der Waals surface area contributed by atoms with Crippen molar-refractivity contribution in [3.05, 3.63) is 34.9 Å². The normalized spacial score (nSPS) is 20.2. The number of hydrogen-bond donors (Lipinski definition) is 0. The number of fused-ring (bicyclic) bond motifs is 1. The highest BCUT2D eigenvalue weighted by Gasteiger charge is 2.25. The summed E-state index contributed by atoms with van der Waals surface area (Å²) < 4.78 is 0. The smallest absolute Gasteiger partial charge is 0.0132 e. The van der Waals surface area contributed by atoms with Crippen LogP contribution in [0.4, 0.5) is 0 Å². The fourth-order valence-electron chi connectivity index (χ4n) is 2.59. The second-order valence-corrected chi connectivity index (χ2v) is 6.65. The minimum absolute atomic E-state index is 0.283. The lowest BCUT2D eigenvalue weighted by Gasteiger charge is -2.20. The Morgan fingerprint density at radius 3 is 2.25 bits per heavy atom. The monoisotopic (exact) mass is 216 g/mol. The van der Waals surface area contributed by atoms with E-state index in [9.17, 15) is 0 Å². The summed E-state index contributed by atoms with van der Waals surface area (Å²) in [5.41, 5.74) is 4.96. The molecule has 0 amide bonds. The minimum Gasteiger partial charge on any atom is -0.0625 e. The molecular formula is C16H24. The molecule has 1 unspecified atom stereocenters. The summed E-state index contributed by atoms with van der Waals surface area (Å²) in [7, 11) is 0. The molecule has 0 radical (unpaired) electrons. The molecule has 0 heteroatoms. The Balaban J connectivity index is 2.28. The fraction of sp³-hybridized carbons (Fsp3) is 0.625. The van der Waals surface area contributed by atoms with Crippen LogP contribution in [0.3, 0.4) is 0 Å². The van der Waals surface area contributed by atoms with E-state index in [-0.39, 0.29) is 5.41 Å². The van der Waals surface area contributed by atoms with Gasteiger partial charge in [0.15, 0.2) is 0 Å². The summed E-state index contributed by atoms with van der Waals surface area (Å²) in [4.78, 5) is 0. The predicted octanol–water partition coefficient (Wildman–Crippen LogP) is 4.35. The van der Waals surface area contributed by atoms with Crippen LogP contribution in [0.5, 0.6) is 0 Å². The Kier molecular flexibility index (Phi) is 2.86. The van der Waals surface area contributed by atoms with Gasteiger partial charge in [-0.2, -0.15) is 0 Å². The molecule has 1 aliphatic rings. The van der Waals surface area contributed by atoms with E-state index >= 15 is 0 Å². The van der Waals surface area contributed by atoms with Crippen molar-refractivity contribution < 1.29 is 0 Å². The van der Waals surface area contributed by atoms with Gasteiger partial charge in [0.05, 0.1) is 0 Å². The molecule has 0 saturated heterocycles. The molecule has 88 valence electrons. The van der Waals surface area contributed by atoms with Gasteiger partial charge in [-0.3, -0.25) is 0 Å². The van der Waals surface area contributed by atoms with Crippen LogP contribution in [0.1, 0.15) is 51.3 Å². The average molecular weight is 216 g/mol. The molecule has 16 heavy (non-hydrogen) atoms. The maximum Gasteiger partial charge on any atom is -0.0132 e. The van der Waals surface area contributed by atoms with E-state index < -0.39 is 0 Å². The zero-order chi connectivity index (χ0) is 11.9. The van der Waals surface area contributed by atoms with Gasteiger partial charge in [0.1, 0.15) is 0 Å². The number of hydrogen-bond acceptors (Lipinski definition) is 0. The van der Waals surface area contributed by atoms with E-state index in [0.717, 1.165) is 11.8 Å². The predicted molar refractivity (Wildman–Crippen MR) is 70.9 cm³/mol. The first-order valence-corrected chi connectivity index (χ1v) is 6.50. The van der Waals surface area contributed by atoms with Crippen LogP contribution in [0.25, 0.3) is 0 Å². The Morgan fingerprint density at radius 1 is 1.06 bits per heavy atom. The standard InChI is InChI=1S/C16H24/c1-11(2)13-8-12-6-7-15(16(3,4)5)10-14(12)9-13/h6-7,10-11,13H,8-9H2,1-5H3. The summed E-state index contributed by atoms with van der Waals surface area (Å²) >= 11 is 0. The first-order valence-electron chi connectivity index (χ1n) is 6.50. The summed E-state index contributed by atoms with van der Waals surface area (Å²) in [6, 6.07) is 7.12. The van der Waals surface area contributed by atoms with Crippen molar-refractivity contribution in [1.29, 1.82) is 0 Å². The lowest BCUT2D eigenvalue weighted by atomic mass is 9.85. The van der Waals surface area contributed by atoms with Crippen molar-refractivity contribution in [2.24, 2.45) is 11.8 Å². The molecular weight excluding hydrogens is 192 g/mol. The third kappa shape index (κ3) is 2.16. The molecule has 1 atom stereocenters. The first-order chi connectivity index (χ1) is 7.38. The number of rotatable bonds is 1. The minimum atomic E-state index is 0.283. The molecule has 0 aromatic heterocycles. The van der Waals surface area contributed by atoms with Crippen molar-refractivity contribution in [3.8, 4) is 0 Å². The van der Waals surface area contributed by atoms with Crippen LogP contribution < -0.4 is 0 Å². The second kappa shape index (κ2) is 3.91. The van der Waals surface area contributed by atoms with Crippen LogP contribution >= 0.6 is 0 Å². The third-order valence-electron chi connectivity index (χ3n) is 3.98. The van der Waals surface area contributed by atoms with Crippen molar-refractivity contribution >= 4 is 0 Å². The van der Waals surface area contributed by atoms with E-state index in [0.29, 0.717) is 0 Å². The average Bonchev–Trinajstić information content (AvgIpc) is 2.58. The van der Waals surface area contributed by atoms with Crippen LogP contribution in [-0.2, 0) is 18.3 Å². The van der Waals surface area contributed by atoms with Crippen molar-refractivity contribution in [2.45, 2.75) is 52.9 Å². The zero-order valence-corrected chi connectivity index (χ0v) is 11.3. The quantitative estimate of drug-likeness (QED) is 0.654. The van der Waals surface area contributed by atoms with Gasteiger partial charge in [0.25, 0.3) is 0 Å². The van der Waals surface area contributed by atoms with Crippen molar-refractivity contribution in [1.82, 2.24) is 0 Å². The molecule has 2 rings (SSSR count). The Morgan fingerprint density at radius 2 is 1.69 bits per heavy atom. The molecule has 1 aliphatic carbocycles. The van der Waals surface area contributed by atoms with Crippen molar-refractivity contribution in [2.75, 3.05) is 0 Å². The molecule has 0 aliphatic heterocycles. The molecule has 1 aromatic carbocycles. The van der Waals surface area contributed by atoms with E-state index in [1.807, 2.05) is 0 Å². The van der Waals surface area contributed by atoms with Gasteiger partial charge in [-0.25, -0.2) is 0 Å². The summed E-state index contributed by atoms with van der Waals surface area (Å²) in [5, 5.41) is 0. The van der Waals surface area contributed by atoms with Gasteiger partial charge < -0.3 is 0 Å². The highest BCUT2D eigenvalue weighted by atomic mass is 14.3. The van der Waals surface area contributed by atoms with E-state index in [4.69, 9.17) is 0 Å². The highest BCUT2D eigenvalue weighted by molar-refractivity contribution is 5.38. The zero-order valence-electron chi connectivity index (χ0n) is 11.3. The van der Waals surface area contributed by atoms with E-state index in [2.05, 4.69) is 52.8 Å². The van der Waals surface area contributed by atoms with Crippen molar-refractivity contribution in [3.63, 3.8) is 0 Å². The van der Waals surface area contributed by atoms with Crippen LogP contribution in [-0.4, -0.2) is 0 Å². The fourth-order valence-corrected chi connectivity index (χ4v) is 2.59. The topological polar surface area (TPSA) is 0 Å². The molecule has 0 fully saturated rings. The molecule has 0 heterocycles. The lowest BCUT2D eigenvalue weighted by molar-refractivity contribution is 0.404. The van der Waals surface area contributed by atoms with Gasteiger partial charge >= 0.3 is 0 Å². The Labute approximate surface area is 100 Å². The summed E-state index contributed by atoms with van der Waals surface area (Å²) in [6.07, 6.45) is 2.58. The first kappa shape index (κ1) is 11.7. The Hall–Kier alpha value is -0.780. The van der Waals surface area contributed by atoms with Crippen LogP contribution in [0, 0.1) is 11.8 Å². The van der Waals surface area contributed by atoms with Crippen LogP contribution in [0.2, 0.25) is 0 Å². The molecule has 0 nitrogen and oxygen atoms in total. The maximum absolute atomic E-state index is 2.44. The number of benzene rings is 1. The maximum atomic E-state index is 2.44. The molecule has 1 aromatic rings. The molecule has 0 saturated carbocycles. The molecule has 0 N–H and O–H groups in total. The van der Waals surface area contributed by atoms with E-state index in [1.165, 1.54) is 18.4 Å². The highest BCUT2D eigenvalue weighted by Crippen LogP contribution is 2.34. The Bertz CT molecular complexity index is 380. The lowest BCUT2D eigenvalue weighted by Crippen LogP contribution is -2.11.